The van der Waals surface area contributed by atoms with Gasteiger partial charge in [-0.1, -0.05) is 39.3 Å². The van der Waals surface area contributed by atoms with Gasteiger partial charge in [-0.15, -0.1) is 0 Å². The number of carbonyl (C=O) groups excluding carboxylic acids is 3. The Kier molecular flexibility index (Phi) is 9.60. The van der Waals surface area contributed by atoms with Crippen LogP contribution in [0.5, 0.6) is 5.75 Å². The van der Waals surface area contributed by atoms with Gasteiger partial charge in [-0.25, -0.2) is 0 Å². The second kappa shape index (κ2) is 12.2. The normalized spacial score (nSPS) is 16.8. The molecule has 0 radical (unpaired) electrons. The number of nitrogens with one attached hydrogen (secondary N) is 2. The van der Waals surface area contributed by atoms with Crippen LogP contribution in [0.3, 0.4) is 0 Å². The van der Waals surface area contributed by atoms with Gasteiger partial charge in [0.2, 0.25) is 11.8 Å². The number of rotatable bonds is 11. The Morgan fingerprint density at radius 1 is 1.30 bits per heavy atom. The summed E-state index contributed by atoms with van der Waals surface area (Å²) in [5, 5.41) is 5.61. The Hall–Kier alpha value is -2.61. The number of amides is 2. The van der Waals surface area contributed by atoms with Gasteiger partial charge >= 0.3 is 5.97 Å². The van der Waals surface area contributed by atoms with Crippen LogP contribution in [-0.4, -0.2) is 61.6 Å². The molecule has 0 saturated carbocycles. The van der Waals surface area contributed by atoms with Crippen LogP contribution in [-0.2, 0) is 19.1 Å². The molecule has 1 aliphatic heterocycles. The number of benzene rings is 1. The molecule has 1 saturated heterocycles. The van der Waals surface area contributed by atoms with E-state index in [0.717, 1.165) is 12.8 Å². The maximum Gasteiger partial charge on any atom is 0.307 e. The summed E-state index contributed by atoms with van der Waals surface area (Å²) in [4.78, 5) is 38.8. The standard InChI is InChI=1S/C22H33N3O5/c1-4-5-12-29-19-9-7-6-8-17(19)24-20(26)14-25-11-10-23-22(28)18(25)13-21(27)30-15-16(2)3/h6-9,16,18H,4-5,10-15H2,1-3H3,(H,23,28)(H,24,26). The fourth-order valence-corrected chi connectivity index (χ4v) is 3.05. The van der Waals surface area contributed by atoms with E-state index >= 15 is 0 Å². The van der Waals surface area contributed by atoms with Crippen molar-refractivity contribution < 1.29 is 23.9 Å². The first-order valence-corrected chi connectivity index (χ1v) is 10.6. The van der Waals surface area contributed by atoms with Gasteiger partial charge in [0.05, 0.1) is 31.9 Å². The highest BCUT2D eigenvalue weighted by Crippen LogP contribution is 2.24. The summed E-state index contributed by atoms with van der Waals surface area (Å²) < 4.78 is 11.0. The molecular weight excluding hydrogens is 386 g/mol. The van der Waals surface area contributed by atoms with Crippen molar-refractivity contribution in [3.05, 3.63) is 24.3 Å². The summed E-state index contributed by atoms with van der Waals surface area (Å²) in [6.45, 7) is 7.77. The van der Waals surface area contributed by atoms with Crippen LogP contribution in [0.15, 0.2) is 24.3 Å². The van der Waals surface area contributed by atoms with Gasteiger partial charge in [0.15, 0.2) is 0 Å². The molecule has 8 nitrogen and oxygen atoms in total. The van der Waals surface area contributed by atoms with Crippen LogP contribution in [0.4, 0.5) is 5.69 Å². The quantitative estimate of drug-likeness (QED) is 0.422. The van der Waals surface area contributed by atoms with Crippen molar-refractivity contribution in [2.45, 2.75) is 46.1 Å². The average Bonchev–Trinajstić information content (AvgIpc) is 2.70. The van der Waals surface area contributed by atoms with Crippen molar-refractivity contribution in [2.24, 2.45) is 5.92 Å². The smallest absolute Gasteiger partial charge is 0.307 e. The third-order valence-corrected chi connectivity index (χ3v) is 4.64. The topological polar surface area (TPSA) is 97.0 Å². The zero-order chi connectivity index (χ0) is 21.9. The molecule has 1 aromatic carbocycles. The van der Waals surface area contributed by atoms with Crippen LogP contribution in [0.1, 0.15) is 40.0 Å². The molecule has 1 fully saturated rings. The number of hydrogen-bond acceptors (Lipinski definition) is 6. The Labute approximate surface area is 178 Å². The summed E-state index contributed by atoms with van der Waals surface area (Å²) in [5.74, 6) is -0.137. The zero-order valence-corrected chi connectivity index (χ0v) is 18.1. The minimum atomic E-state index is -0.722. The highest BCUT2D eigenvalue weighted by atomic mass is 16.5. The molecule has 1 atom stereocenters. The van der Waals surface area contributed by atoms with E-state index in [1.54, 1.807) is 11.0 Å². The van der Waals surface area contributed by atoms with Gasteiger partial charge in [-0.3, -0.25) is 19.3 Å². The highest BCUT2D eigenvalue weighted by molar-refractivity contribution is 5.94. The first-order valence-electron chi connectivity index (χ1n) is 10.6. The summed E-state index contributed by atoms with van der Waals surface area (Å²) in [6.07, 6.45) is 1.87. The van der Waals surface area contributed by atoms with Gasteiger partial charge in [-0.05, 0) is 24.5 Å². The second-order valence-electron chi connectivity index (χ2n) is 7.80. The molecule has 0 bridgehead atoms. The number of hydrogen-bond donors (Lipinski definition) is 2. The molecule has 2 N–H and O–H groups in total. The summed E-state index contributed by atoms with van der Waals surface area (Å²) in [5.41, 5.74) is 0.591. The third-order valence-electron chi connectivity index (χ3n) is 4.64. The lowest BCUT2D eigenvalue weighted by Crippen LogP contribution is -2.57. The van der Waals surface area contributed by atoms with Gasteiger partial charge in [0, 0.05) is 13.1 Å². The predicted molar refractivity (Wildman–Crippen MR) is 114 cm³/mol. The van der Waals surface area contributed by atoms with E-state index < -0.39 is 12.0 Å². The van der Waals surface area contributed by atoms with Crippen LogP contribution >= 0.6 is 0 Å². The monoisotopic (exact) mass is 419 g/mol. The van der Waals surface area contributed by atoms with Crippen molar-refractivity contribution in [2.75, 3.05) is 38.2 Å². The molecule has 1 heterocycles. The Morgan fingerprint density at radius 2 is 2.07 bits per heavy atom. The number of para-hydroxylation sites is 2. The highest BCUT2D eigenvalue weighted by Gasteiger charge is 2.33. The van der Waals surface area contributed by atoms with Crippen molar-refractivity contribution >= 4 is 23.5 Å². The van der Waals surface area contributed by atoms with E-state index in [0.29, 0.717) is 37.7 Å². The maximum absolute atomic E-state index is 12.7. The number of ether oxygens (including phenoxy) is 2. The molecule has 2 amide bonds. The zero-order valence-electron chi connectivity index (χ0n) is 18.1. The van der Waals surface area contributed by atoms with Gasteiger partial charge < -0.3 is 20.1 Å². The number of anilines is 1. The summed E-state index contributed by atoms with van der Waals surface area (Å²) >= 11 is 0. The van der Waals surface area contributed by atoms with Crippen LogP contribution in [0, 0.1) is 5.92 Å². The number of esters is 1. The van der Waals surface area contributed by atoms with E-state index in [9.17, 15) is 14.4 Å². The Balaban J connectivity index is 1.96. The van der Waals surface area contributed by atoms with Gasteiger partial charge in [0.1, 0.15) is 11.8 Å². The molecule has 8 heteroatoms. The summed E-state index contributed by atoms with van der Waals surface area (Å²) in [6, 6.07) is 6.55. The third kappa shape index (κ3) is 7.67. The first-order chi connectivity index (χ1) is 14.4. The SMILES string of the molecule is CCCCOc1ccccc1NC(=O)CN1CCNC(=O)C1CC(=O)OCC(C)C. The van der Waals surface area contributed by atoms with Crippen LogP contribution in [0.25, 0.3) is 0 Å². The molecule has 1 unspecified atom stereocenters. The lowest BCUT2D eigenvalue weighted by Gasteiger charge is -2.34. The van der Waals surface area contributed by atoms with Crippen molar-refractivity contribution in [1.82, 2.24) is 10.2 Å². The molecule has 2 rings (SSSR count). The number of unbranched alkanes of at least 4 members (excludes halogenated alkanes) is 1. The Bertz CT molecular complexity index is 722. The Morgan fingerprint density at radius 3 is 2.80 bits per heavy atom. The van der Waals surface area contributed by atoms with E-state index in [-0.39, 0.29) is 30.7 Å². The largest absolute Gasteiger partial charge is 0.491 e. The maximum atomic E-state index is 12.7. The predicted octanol–water partition coefficient (Wildman–Crippen LogP) is 2.19. The molecule has 166 valence electrons. The van der Waals surface area contributed by atoms with Crippen LogP contribution in [0.2, 0.25) is 0 Å². The second-order valence-corrected chi connectivity index (χ2v) is 7.80. The van der Waals surface area contributed by atoms with E-state index in [1.807, 2.05) is 32.0 Å². The van der Waals surface area contributed by atoms with E-state index in [4.69, 9.17) is 9.47 Å². The van der Waals surface area contributed by atoms with Crippen molar-refractivity contribution in [1.29, 1.82) is 0 Å². The molecule has 0 spiro atoms. The number of piperazine rings is 1. The summed E-state index contributed by atoms with van der Waals surface area (Å²) in [7, 11) is 0. The minimum absolute atomic E-state index is 0.00115. The van der Waals surface area contributed by atoms with Gasteiger partial charge in [0.25, 0.3) is 0 Å². The number of carbonyl (C=O) groups is 3. The molecule has 0 aliphatic carbocycles. The average molecular weight is 420 g/mol. The lowest BCUT2D eigenvalue weighted by molar-refractivity contribution is -0.149. The number of nitrogens with zero attached hydrogens (tertiary/aromatic N) is 1. The molecule has 1 aromatic rings. The van der Waals surface area contributed by atoms with Crippen molar-refractivity contribution in [3.63, 3.8) is 0 Å². The van der Waals surface area contributed by atoms with Gasteiger partial charge in [-0.2, -0.15) is 0 Å². The molecule has 30 heavy (non-hydrogen) atoms. The van der Waals surface area contributed by atoms with E-state index in [2.05, 4.69) is 17.6 Å². The first kappa shape index (κ1) is 23.7. The van der Waals surface area contributed by atoms with E-state index in [1.165, 1.54) is 0 Å². The minimum Gasteiger partial charge on any atom is -0.491 e. The molecule has 0 aromatic heterocycles. The van der Waals surface area contributed by atoms with Crippen LogP contribution < -0.4 is 15.4 Å². The fourth-order valence-electron chi connectivity index (χ4n) is 3.05. The molecular formula is C22H33N3O5. The van der Waals surface area contributed by atoms with Crippen molar-refractivity contribution in [3.8, 4) is 5.75 Å². The molecule has 1 aliphatic rings. The fraction of sp³-hybridized carbons (Fsp3) is 0.591. The lowest BCUT2D eigenvalue weighted by atomic mass is 10.1.